The Labute approximate surface area is 124 Å². The fraction of sp³-hybridized carbons (Fsp3) is 0.462. The van der Waals surface area contributed by atoms with Crippen LogP contribution in [0, 0.1) is 0 Å². The second kappa shape index (κ2) is 8.60. The van der Waals surface area contributed by atoms with Crippen LogP contribution in [-0.4, -0.2) is 51.5 Å². The number of oxime groups is 1. The molecule has 0 aliphatic heterocycles. The highest BCUT2D eigenvalue weighted by Crippen LogP contribution is 2.13. The highest BCUT2D eigenvalue weighted by Gasteiger charge is 2.15. The molecule has 0 bridgehead atoms. The van der Waals surface area contributed by atoms with Crippen LogP contribution in [-0.2, 0) is 14.6 Å². The summed E-state index contributed by atoms with van der Waals surface area (Å²) >= 11 is 0. The number of sulfone groups is 1. The third-order valence-corrected chi connectivity index (χ3v) is 4.49. The van der Waals surface area contributed by atoms with Crippen LogP contribution < -0.4 is 11.1 Å². The molecule has 0 aromatic heterocycles. The zero-order valence-electron chi connectivity index (χ0n) is 11.9. The number of nitrogens with zero attached hydrogens (tertiary/aromatic N) is 1. The molecule has 0 radical (unpaired) electrons. The van der Waals surface area contributed by atoms with E-state index >= 15 is 0 Å². The smallest absolute Gasteiger partial charge is 0.179 e. The fourth-order valence-corrected chi connectivity index (χ4v) is 2.89. The Bertz CT molecular complexity index is 573. The number of rotatable bonds is 9. The maximum Gasteiger partial charge on any atom is 0.179 e. The van der Waals surface area contributed by atoms with Crippen molar-refractivity contribution in [3.8, 4) is 0 Å². The molecular weight excluding hydrogens is 294 g/mol. The van der Waals surface area contributed by atoms with Gasteiger partial charge < -0.3 is 21.0 Å². The lowest BCUT2D eigenvalue weighted by Gasteiger charge is -2.07. The van der Waals surface area contributed by atoms with Gasteiger partial charge in [0.1, 0.15) is 0 Å². The second-order valence-corrected chi connectivity index (χ2v) is 6.39. The first-order chi connectivity index (χ1) is 10.0. The normalized spacial score (nSPS) is 12.5. The van der Waals surface area contributed by atoms with Gasteiger partial charge in [-0.1, -0.05) is 17.3 Å². The lowest BCUT2D eigenvalue weighted by atomic mass is 10.2. The van der Waals surface area contributed by atoms with Crippen molar-refractivity contribution in [3.63, 3.8) is 0 Å². The van der Waals surface area contributed by atoms with E-state index in [2.05, 4.69) is 10.5 Å². The molecule has 0 aliphatic carbocycles. The van der Waals surface area contributed by atoms with Gasteiger partial charge in [-0.3, -0.25) is 0 Å². The first-order valence-corrected chi connectivity index (χ1v) is 8.25. The van der Waals surface area contributed by atoms with Gasteiger partial charge in [0.15, 0.2) is 15.7 Å². The number of nitrogens with two attached hydrogens (primary N) is 1. The lowest BCUT2D eigenvalue weighted by Crippen LogP contribution is -2.26. The minimum atomic E-state index is -3.41. The van der Waals surface area contributed by atoms with Crippen molar-refractivity contribution in [2.75, 3.05) is 32.1 Å². The first kappa shape index (κ1) is 17.4. The van der Waals surface area contributed by atoms with E-state index in [1.54, 1.807) is 12.1 Å². The summed E-state index contributed by atoms with van der Waals surface area (Å²) in [7, 11) is -3.41. The molecule has 7 nitrogen and oxygen atoms in total. The number of nitrogens with one attached hydrogen (secondary N) is 1. The topological polar surface area (TPSA) is 114 Å². The molecule has 118 valence electrons. The van der Waals surface area contributed by atoms with Crippen LogP contribution in [0.25, 0.3) is 0 Å². The number of benzene rings is 1. The van der Waals surface area contributed by atoms with Crippen LogP contribution in [0.3, 0.4) is 0 Å². The molecule has 8 heteroatoms. The van der Waals surface area contributed by atoms with Crippen molar-refractivity contribution in [1.29, 1.82) is 0 Å². The minimum absolute atomic E-state index is 0.0290. The van der Waals surface area contributed by atoms with Crippen LogP contribution >= 0.6 is 0 Å². The average molecular weight is 315 g/mol. The van der Waals surface area contributed by atoms with Gasteiger partial charge in [0.25, 0.3) is 0 Å². The molecule has 21 heavy (non-hydrogen) atoms. The van der Waals surface area contributed by atoms with Gasteiger partial charge in [-0.25, -0.2) is 8.42 Å². The first-order valence-electron chi connectivity index (χ1n) is 6.60. The standard InChI is InChI=1S/C13H21N3O4S/c1-2-20-8-6-15-7-9-21(18,19)12-5-3-4-11(10-12)13(14)16-17/h3-5,10,15,17H,2,6-9H2,1H3,(H2,14,16). The molecule has 0 atom stereocenters. The van der Waals surface area contributed by atoms with Gasteiger partial charge in [0, 0.05) is 25.3 Å². The van der Waals surface area contributed by atoms with Gasteiger partial charge >= 0.3 is 0 Å². The van der Waals surface area contributed by atoms with Crippen molar-refractivity contribution in [1.82, 2.24) is 5.32 Å². The highest BCUT2D eigenvalue weighted by molar-refractivity contribution is 7.91. The van der Waals surface area contributed by atoms with Gasteiger partial charge in [0.2, 0.25) is 0 Å². The molecule has 1 aromatic carbocycles. The molecule has 4 N–H and O–H groups in total. The molecule has 0 spiro atoms. The molecule has 1 aromatic rings. The van der Waals surface area contributed by atoms with E-state index in [0.717, 1.165) is 0 Å². The summed E-state index contributed by atoms with van der Waals surface area (Å²) in [6, 6.07) is 6.02. The number of hydrogen-bond acceptors (Lipinski definition) is 6. The van der Waals surface area contributed by atoms with E-state index in [1.165, 1.54) is 12.1 Å². The van der Waals surface area contributed by atoms with Crippen molar-refractivity contribution < 1.29 is 18.4 Å². The monoisotopic (exact) mass is 315 g/mol. The summed E-state index contributed by atoms with van der Waals surface area (Å²) in [5.74, 6) is -0.152. The van der Waals surface area contributed by atoms with Crippen molar-refractivity contribution in [3.05, 3.63) is 29.8 Å². The Kier molecular flexibility index (Phi) is 7.13. The largest absolute Gasteiger partial charge is 0.409 e. The molecule has 0 saturated heterocycles. The van der Waals surface area contributed by atoms with Crippen molar-refractivity contribution in [2.45, 2.75) is 11.8 Å². The molecule has 0 aliphatic rings. The summed E-state index contributed by atoms with van der Waals surface area (Å²) in [6.07, 6.45) is 0. The van der Waals surface area contributed by atoms with Crippen LogP contribution in [0.5, 0.6) is 0 Å². The van der Waals surface area contributed by atoms with Crippen molar-refractivity contribution in [2.24, 2.45) is 10.9 Å². The van der Waals surface area contributed by atoms with Crippen LogP contribution in [0.2, 0.25) is 0 Å². The molecule has 0 fully saturated rings. The third kappa shape index (κ3) is 5.70. The minimum Gasteiger partial charge on any atom is -0.409 e. The summed E-state index contributed by atoms with van der Waals surface area (Å²) in [4.78, 5) is 0.151. The molecule has 0 unspecified atom stereocenters. The Morgan fingerprint density at radius 2 is 2.19 bits per heavy atom. The van der Waals surface area contributed by atoms with Crippen LogP contribution in [0.1, 0.15) is 12.5 Å². The predicted octanol–water partition coefficient (Wildman–Crippen LogP) is 0.181. The van der Waals surface area contributed by atoms with E-state index in [-0.39, 0.29) is 16.5 Å². The second-order valence-electron chi connectivity index (χ2n) is 4.28. The zero-order chi connectivity index (χ0) is 15.7. The quantitative estimate of drug-likeness (QED) is 0.197. The van der Waals surface area contributed by atoms with Gasteiger partial charge in [-0.05, 0) is 19.1 Å². The van der Waals surface area contributed by atoms with Gasteiger partial charge in [-0.2, -0.15) is 0 Å². The summed E-state index contributed by atoms with van der Waals surface area (Å²) in [5.41, 5.74) is 5.82. The maximum atomic E-state index is 12.2. The van der Waals surface area contributed by atoms with Crippen molar-refractivity contribution >= 4 is 15.7 Å². The molecule has 0 heterocycles. The Morgan fingerprint density at radius 3 is 2.86 bits per heavy atom. The number of hydrogen-bond donors (Lipinski definition) is 3. The molecular formula is C13H21N3O4S. The predicted molar refractivity (Wildman–Crippen MR) is 80.4 cm³/mol. The average Bonchev–Trinajstić information content (AvgIpc) is 2.50. The number of amidine groups is 1. The summed E-state index contributed by atoms with van der Waals surface area (Å²) < 4.78 is 29.5. The van der Waals surface area contributed by atoms with E-state index < -0.39 is 9.84 Å². The van der Waals surface area contributed by atoms with E-state index in [0.29, 0.717) is 31.9 Å². The Hall–Kier alpha value is -1.64. The maximum absolute atomic E-state index is 12.2. The van der Waals surface area contributed by atoms with E-state index in [9.17, 15) is 8.42 Å². The van der Waals surface area contributed by atoms with E-state index in [4.69, 9.17) is 15.7 Å². The van der Waals surface area contributed by atoms with E-state index in [1.807, 2.05) is 6.92 Å². The highest BCUT2D eigenvalue weighted by atomic mass is 32.2. The van der Waals surface area contributed by atoms with Crippen LogP contribution in [0.15, 0.2) is 34.3 Å². The lowest BCUT2D eigenvalue weighted by molar-refractivity contribution is 0.150. The molecule has 1 rings (SSSR count). The fourth-order valence-electron chi connectivity index (χ4n) is 1.64. The third-order valence-electron chi connectivity index (χ3n) is 2.77. The molecule has 0 saturated carbocycles. The Balaban J connectivity index is 2.62. The Morgan fingerprint density at radius 1 is 1.43 bits per heavy atom. The molecule has 0 amide bonds. The number of ether oxygens (including phenoxy) is 1. The van der Waals surface area contributed by atoms with Gasteiger partial charge in [0.05, 0.1) is 17.3 Å². The zero-order valence-corrected chi connectivity index (χ0v) is 12.8. The van der Waals surface area contributed by atoms with Gasteiger partial charge in [-0.15, -0.1) is 0 Å². The summed E-state index contributed by atoms with van der Waals surface area (Å²) in [5, 5.41) is 14.5. The van der Waals surface area contributed by atoms with Crippen LogP contribution in [0.4, 0.5) is 0 Å². The summed E-state index contributed by atoms with van der Waals surface area (Å²) in [6.45, 7) is 4.03. The SMILES string of the molecule is CCOCCNCCS(=O)(=O)c1cccc(/C(N)=N/O)c1.